The number of anilines is 1. The van der Waals surface area contributed by atoms with Gasteiger partial charge in [-0.2, -0.15) is 5.26 Å². The van der Waals surface area contributed by atoms with E-state index in [1.165, 1.54) is 6.07 Å². The first-order valence-electron chi connectivity index (χ1n) is 6.22. The third kappa shape index (κ3) is 2.68. The SMILES string of the molecule is CC1CC(C(=O)O)CCN1c1ccc(C#N)cc1F. The first-order chi connectivity index (χ1) is 9.02. The van der Waals surface area contributed by atoms with E-state index in [4.69, 9.17) is 10.4 Å². The minimum absolute atomic E-state index is 0.0303. The minimum Gasteiger partial charge on any atom is -0.481 e. The van der Waals surface area contributed by atoms with Gasteiger partial charge in [-0.25, -0.2) is 4.39 Å². The van der Waals surface area contributed by atoms with Gasteiger partial charge in [0.15, 0.2) is 0 Å². The summed E-state index contributed by atoms with van der Waals surface area (Å²) in [5.74, 6) is -1.57. The van der Waals surface area contributed by atoms with Gasteiger partial charge < -0.3 is 10.0 Å². The van der Waals surface area contributed by atoms with E-state index in [0.29, 0.717) is 25.1 Å². The van der Waals surface area contributed by atoms with E-state index >= 15 is 0 Å². The number of hydrogen-bond acceptors (Lipinski definition) is 3. The molecule has 2 unspecified atom stereocenters. The van der Waals surface area contributed by atoms with Crippen LogP contribution in [0.3, 0.4) is 0 Å². The lowest BCUT2D eigenvalue weighted by molar-refractivity contribution is -0.142. The molecule has 1 saturated heterocycles. The Hall–Kier alpha value is -2.09. The molecule has 2 atom stereocenters. The summed E-state index contributed by atoms with van der Waals surface area (Å²) in [6.45, 7) is 2.41. The summed E-state index contributed by atoms with van der Waals surface area (Å²) in [5.41, 5.74) is 0.727. The van der Waals surface area contributed by atoms with Crippen LogP contribution in [0.15, 0.2) is 18.2 Å². The van der Waals surface area contributed by atoms with Gasteiger partial charge in [-0.05, 0) is 38.0 Å². The fourth-order valence-electron chi connectivity index (χ4n) is 2.56. The second-order valence-corrected chi connectivity index (χ2v) is 4.88. The lowest BCUT2D eigenvalue weighted by Gasteiger charge is -2.38. The van der Waals surface area contributed by atoms with Crippen molar-refractivity contribution in [2.45, 2.75) is 25.8 Å². The predicted molar refractivity (Wildman–Crippen MR) is 68.3 cm³/mol. The highest BCUT2D eigenvalue weighted by Gasteiger charge is 2.30. The number of benzene rings is 1. The first kappa shape index (κ1) is 13.3. The zero-order valence-electron chi connectivity index (χ0n) is 10.6. The molecule has 0 amide bonds. The molecular weight excluding hydrogens is 247 g/mol. The van der Waals surface area contributed by atoms with Crippen LogP contribution in [-0.4, -0.2) is 23.7 Å². The van der Waals surface area contributed by atoms with Crippen molar-refractivity contribution < 1.29 is 14.3 Å². The van der Waals surface area contributed by atoms with Crippen LogP contribution in [0.4, 0.5) is 10.1 Å². The molecule has 1 aromatic rings. The average Bonchev–Trinajstić information content (AvgIpc) is 2.39. The van der Waals surface area contributed by atoms with Gasteiger partial charge in [0.25, 0.3) is 0 Å². The van der Waals surface area contributed by atoms with Crippen molar-refractivity contribution in [3.63, 3.8) is 0 Å². The van der Waals surface area contributed by atoms with Crippen molar-refractivity contribution in [2.24, 2.45) is 5.92 Å². The fraction of sp³-hybridized carbons (Fsp3) is 0.429. The number of nitriles is 1. The maximum atomic E-state index is 13.9. The molecule has 19 heavy (non-hydrogen) atoms. The normalized spacial score (nSPS) is 22.9. The van der Waals surface area contributed by atoms with Gasteiger partial charge in [-0.15, -0.1) is 0 Å². The average molecular weight is 262 g/mol. The van der Waals surface area contributed by atoms with E-state index in [0.717, 1.165) is 0 Å². The molecule has 1 aliphatic heterocycles. The lowest BCUT2D eigenvalue weighted by Crippen LogP contribution is -2.43. The number of hydrogen-bond donors (Lipinski definition) is 1. The second kappa shape index (κ2) is 5.27. The summed E-state index contributed by atoms with van der Waals surface area (Å²) in [4.78, 5) is 12.8. The maximum absolute atomic E-state index is 13.9. The van der Waals surface area contributed by atoms with E-state index in [2.05, 4.69) is 0 Å². The Kier molecular flexibility index (Phi) is 3.70. The number of carboxylic acids is 1. The van der Waals surface area contributed by atoms with Crippen molar-refractivity contribution in [1.29, 1.82) is 5.26 Å². The highest BCUT2D eigenvalue weighted by Crippen LogP contribution is 2.30. The number of piperidine rings is 1. The first-order valence-corrected chi connectivity index (χ1v) is 6.22. The van der Waals surface area contributed by atoms with E-state index in [1.54, 1.807) is 12.1 Å². The molecule has 0 saturated carbocycles. The van der Waals surface area contributed by atoms with Crippen LogP contribution in [0, 0.1) is 23.1 Å². The van der Waals surface area contributed by atoms with Gasteiger partial charge in [0.1, 0.15) is 5.82 Å². The van der Waals surface area contributed by atoms with Crippen LogP contribution < -0.4 is 4.90 Å². The highest BCUT2D eigenvalue weighted by atomic mass is 19.1. The Morgan fingerprint density at radius 1 is 1.58 bits per heavy atom. The molecule has 4 nitrogen and oxygen atoms in total. The molecule has 1 heterocycles. The molecule has 0 aliphatic carbocycles. The Bertz CT molecular complexity index is 539. The smallest absolute Gasteiger partial charge is 0.306 e. The molecule has 5 heteroatoms. The largest absolute Gasteiger partial charge is 0.481 e. The van der Waals surface area contributed by atoms with Crippen molar-refractivity contribution in [2.75, 3.05) is 11.4 Å². The second-order valence-electron chi connectivity index (χ2n) is 4.88. The number of aliphatic carboxylic acids is 1. The van der Waals surface area contributed by atoms with Crippen molar-refractivity contribution in [1.82, 2.24) is 0 Å². The summed E-state index contributed by atoms with van der Waals surface area (Å²) in [7, 11) is 0. The number of nitrogens with zero attached hydrogens (tertiary/aromatic N) is 2. The number of carbonyl (C=O) groups is 1. The molecule has 0 spiro atoms. The predicted octanol–water partition coefficient (Wildman–Crippen LogP) is 2.39. The summed E-state index contributed by atoms with van der Waals surface area (Å²) in [6, 6.07) is 6.24. The monoisotopic (exact) mass is 262 g/mol. The Balaban J connectivity index is 2.20. The number of rotatable bonds is 2. The van der Waals surface area contributed by atoms with Gasteiger partial charge in [0, 0.05) is 12.6 Å². The quantitative estimate of drug-likeness (QED) is 0.888. The van der Waals surface area contributed by atoms with E-state index in [-0.39, 0.29) is 17.5 Å². The molecule has 1 aliphatic rings. The zero-order chi connectivity index (χ0) is 14.0. The van der Waals surface area contributed by atoms with Gasteiger partial charge in [0.05, 0.1) is 23.2 Å². The van der Waals surface area contributed by atoms with Crippen molar-refractivity contribution in [3.05, 3.63) is 29.6 Å². The molecule has 0 bridgehead atoms. The van der Waals surface area contributed by atoms with Crippen LogP contribution >= 0.6 is 0 Å². The van der Waals surface area contributed by atoms with Crippen molar-refractivity contribution >= 4 is 11.7 Å². The lowest BCUT2D eigenvalue weighted by atomic mass is 9.91. The fourth-order valence-corrected chi connectivity index (χ4v) is 2.56. The Morgan fingerprint density at radius 2 is 2.32 bits per heavy atom. The third-order valence-electron chi connectivity index (χ3n) is 3.61. The van der Waals surface area contributed by atoms with Crippen LogP contribution in [0.5, 0.6) is 0 Å². The number of halogens is 1. The van der Waals surface area contributed by atoms with Crippen LogP contribution in [0.2, 0.25) is 0 Å². The van der Waals surface area contributed by atoms with Gasteiger partial charge in [0.2, 0.25) is 0 Å². The van der Waals surface area contributed by atoms with E-state index in [9.17, 15) is 9.18 Å². The highest BCUT2D eigenvalue weighted by molar-refractivity contribution is 5.70. The molecule has 0 radical (unpaired) electrons. The van der Waals surface area contributed by atoms with E-state index < -0.39 is 11.8 Å². The maximum Gasteiger partial charge on any atom is 0.306 e. The standard InChI is InChI=1S/C14H15FN2O2/c1-9-6-11(14(18)19)4-5-17(9)13-3-2-10(8-16)7-12(13)15/h2-3,7,9,11H,4-6H2,1H3,(H,18,19). The molecule has 100 valence electrons. The van der Waals surface area contributed by atoms with Crippen LogP contribution in [-0.2, 0) is 4.79 Å². The van der Waals surface area contributed by atoms with Crippen LogP contribution in [0.25, 0.3) is 0 Å². The minimum atomic E-state index is -0.785. The van der Waals surface area contributed by atoms with Gasteiger partial charge in [-0.1, -0.05) is 0 Å². The molecular formula is C14H15FN2O2. The number of carboxylic acid groups (broad SMARTS) is 1. The molecule has 1 aromatic carbocycles. The summed E-state index contributed by atoms with van der Waals surface area (Å²) in [5, 5.41) is 17.7. The van der Waals surface area contributed by atoms with E-state index in [1.807, 2.05) is 17.9 Å². The summed E-state index contributed by atoms with van der Waals surface area (Å²) >= 11 is 0. The van der Waals surface area contributed by atoms with Crippen molar-refractivity contribution in [3.8, 4) is 6.07 Å². The molecule has 1 fully saturated rings. The topological polar surface area (TPSA) is 64.3 Å². The summed E-state index contributed by atoms with van der Waals surface area (Å²) < 4.78 is 13.9. The summed E-state index contributed by atoms with van der Waals surface area (Å²) in [6.07, 6.45) is 1.02. The van der Waals surface area contributed by atoms with Crippen LogP contribution in [0.1, 0.15) is 25.3 Å². The third-order valence-corrected chi connectivity index (χ3v) is 3.61. The van der Waals surface area contributed by atoms with Gasteiger partial charge >= 0.3 is 5.97 Å². The Morgan fingerprint density at radius 3 is 2.84 bits per heavy atom. The molecule has 1 N–H and O–H groups in total. The molecule has 0 aromatic heterocycles. The van der Waals surface area contributed by atoms with Gasteiger partial charge in [-0.3, -0.25) is 4.79 Å². The molecule has 2 rings (SSSR count). The Labute approximate surface area is 111 Å². The zero-order valence-corrected chi connectivity index (χ0v) is 10.6.